The Kier molecular flexibility index (Phi) is 3.55. The third kappa shape index (κ3) is 2.25. The summed E-state index contributed by atoms with van der Waals surface area (Å²) in [5.41, 5.74) is 2.54. The van der Waals surface area contributed by atoms with E-state index in [0.717, 1.165) is 39.4 Å². The maximum absolute atomic E-state index is 11.5. The SMILES string of the molecule is CSc1nc2c(s1)c(/C=N\N(C)C)c(C=O)n2C1CC1. The molecule has 2 heterocycles. The number of rotatable bonds is 5. The van der Waals surface area contributed by atoms with Gasteiger partial charge in [0.25, 0.3) is 0 Å². The summed E-state index contributed by atoms with van der Waals surface area (Å²) in [5, 5.41) is 6.02. The van der Waals surface area contributed by atoms with Gasteiger partial charge in [-0.15, -0.1) is 11.3 Å². The highest BCUT2D eigenvalue weighted by molar-refractivity contribution is 8.00. The predicted octanol–water partition coefficient (Wildman–Crippen LogP) is 2.86. The van der Waals surface area contributed by atoms with E-state index in [1.54, 1.807) is 34.3 Å². The van der Waals surface area contributed by atoms with Crippen molar-refractivity contribution in [3.8, 4) is 0 Å². The monoisotopic (exact) mass is 308 g/mol. The summed E-state index contributed by atoms with van der Waals surface area (Å²) in [6.07, 6.45) is 6.98. The van der Waals surface area contributed by atoms with Crippen molar-refractivity contribution in [1.29, 1.82) is 0 Å². The zero-order chi connectivity index (χ0) is 14.3. The molecular weight excluding hydrogens is 292 g/mol. The van der Waals surface area contributed by atoms with Gasteiger partial charge in [-0.3, -0.25) is 4.79 Å². The van der Waals surface area contributed by atoms with Gasteiger partial charge in [-0.2, -0.15) is 5.10 Å². The van der Waals surface area contributed by atoms with Gasteiger partial charge < -0.3 is 9.58 Å². The lowest BCUT2D eigenvalue weighted by molar-refractivity contribution is 0.111. The molecule has 0 amide bonds. The second-order valence-corrected chi connectivity index (χ2v) is 7.00. The Hall–Kier alpha value is -1.34. The largest absolute Gasteiger partial charge is 0.319 e. The fraction of sp³-hybridized carbons (Fsp3) is 0.462. The van der Waals surface area contributed by atoms with Crippen LogP contribution in [0.2, 0.25) is 0 Å². The number of aromatic nitrogens is 2. The summed E-state index contributed by atoms with van der Waals surface area (Å²) in [7, 11) is 3.73. The first-order chi connectivity index (χ1) is 9.65. The average molecular weight is 308 g/mol. The van der Waals surface area contributed by atoms with Gasteiger partial charge in [0, 0.05) is 25.7 Å². The Morgan fingerprint density at radius 3 is 2.80 bits per heavy atom. The van der Waals surface area contributed by atoms with Crippen molar-refractivity contribution in [3.63, 3.8) is 0 Å². The van der Waals surface area contributed by atoms with Crippen LogP contribution in [0.5, 0.6) is 0 Å². The predicted molar refractivity (Wildman–Crippen MR) is 84.3 cm³/mol. The number of carbonyl (C=O) groups excluding carboxylic acids is 1. The molecule has 1 aliphatic carbocycles. The fourth-order valence-electron chi connectivity index (χ4n) is 2.20. The van der Waals surface area contributed by atoms with Gasteiger partial charge in [0.05, 0.1) is 16.6 Å². The Morgan fingerprint density at radius 2 is 2.25 bits per heavy atom. The molecule has 5 nitrogen and oxygen atoms in total. The molecule has 3 rings (SSSR count). The number of hydrogen-bond acceptors (Lipinski definition) is 6. The number of hydrazone groups is 1. The Labute approximate surface area is 125 Å². The maximum atomic E-state index is 11.5. The lowest BCUT2D eigenvalue weighted by atomic mass is 10.3. The first kappa shape index (κ1) is 13.6. The molecule has 0 unspecified atom stereocenters. The molecule has 0 spiro atoms. The van der Waals surface area contributed by atoms with Gasteiger partial charge in [-0.05, 0) is 19.1 Å². The quantitative estimate of drug-likeness (QED) is 0.369. The van der Waals surface area contributed by atoms with E-state index in [4.69, 9.17) is 0 Å². The average Bonchev–Trinajstić information content (AvgIpc) is 3.09. The molecule has 0 aromatic carbocycles. The molecule has 0 N–H and O–H groups in total. The first-order valence-corrected chi connectivity index (χ1v) is 8.45. The van der Waals surface area contributed by atoms with Crippen LogP contribution in [-0.4, -0.2) is 47.4 Å². The van der Waals surface area contributed by atoms with Gasteiger partial charge in [0.1, 0.15) is 0 Å². The second-order valence-electron chi connectivity index (χ2n) is 4.95. The lowest BCUT2D eigenvalue weighted by Crippen LogP contribution is -2.04. The van der Waals surface area contributed by atoms with E-state index in [1.165, 1.54) is 0 Å². The number of nitrogens with zero attached hydrogens (tertiary/aromatic N) is 4. The summed E-state index contributed by atoms with van der Waals surface area (Å²) < 4.78 is 4.19. The topological polar surface area (TPSA) is 50.5 Å². The second kappa shape index (κ2) is 5.21. The molecule has 0 aliphatic heterocycles. The van der Waals surface area contributed by atoms with Crippen LogP contribution in [0.15, 0.2) is 9.44 Å². The molecule has 2 aromatic rings. The Bertz CT molecular complexity index is 682. The van der Waals surface area contributed by atoms with Crippen LogP contribution in [-0.2, 0) is 0 Å². The van der Waals surface area contributed by atoms with E-state index in [-0.39, 0.29) is 0 Å². The van der Waals surface area contributed by atoms with Crippen molar-refractivity contribution < 1.29 is 4.79 Å². The normalized spacial score (nSPS) is 15.3. The zero-order valence-electron chi connectivity index (χ0n) is 11.7. The van der Waals surface area contributed by atoms with E-state index in [1.807, 2.05) is 20.4 Å². The molecule has 2 aromatic heterocycles. The van der Waals surface area contributed by atoms with Gasteiger partial charge in [-0.1, -0.05) is 11.8 Å². The van der Waals surface area contributed by atoms with Gasteiger partial charge in [0.2, 0.25) is 0 Å². The minimum Gasteiger partial charge on any atom is -0.319 e. The number of hydrogen-bond donors (Lipinski definition) is 0. The van der Waals surface area contributed by atoms with Crippen molar-refractivity contribution in [2.45, 2.75) is 23.2 Å². The third-order valence-electron chi connectivity index (χ3n) is 3.21. The minimum atomic E-state index is 0.427. The lowest BCUT2D eigenvalue weighted by Gasteiger charge is -2.04. The smallest absolute Gasteiger partial charge is 0.167 e. The summed E-state index contributed by atoms with van der Waals surface area (Å²) in [5.74, 6) is 0. The zero-order valence-corrected chi connectivity index (χ0v) is 13.3. The highest BCUT2D eigenvalue weighted by atomic mass is 32.2. The molecule has 7 heteroatoms. The van der Waals surface area contributed by atoms with Gasteiger partial charge in [0.15, 0.2) is 16.3 Å². The van der Waals surface area contributed by atoms with Gasteiger partial charge >= 0.3 is 0 Å². The summed E-state index contributed by atoms with van der Waals surface area (Å²) in [6.45, 7) is 0. The van der Waals surface area contributed by atoms with Crippen molar-refractivity contribution in [2.75, 3.05) is 20.4 Å². The number of carbonyl (C=O) groups is 1. The standard InChI is InChI=1S/C13H16N4OS2/c1-16(2)14-6-9-10(7-18)17(8-4-5-8)12-11(9)20-13(15-12)19-3/h6-8H,4-5H2,1-3H3/b14-6-. The molecule has 1 fully saturated rings. The van der Waals surface area contributed by atoms with Crippen LogP contribution >= 0.6 is 23.1 Å². The van der Waals surface area contributed by atoms with Crippen LogP contribution < -0.4 is 0 Å². The van der Waals surface area contributed by atoms with Crippen LogP contribution in [0.25, 0.3) is 10.3 Å². The minimum absolute atomic E-state index is 0.427. The van der Waals surface area contributed by atoms with E-state index in [2.05, 4.69) is 14.7 Å². The van der Waals surface area contributed by atoms with E-state index in [0.29, 0.717) is 11.7 Å². The van der Waals surface area contributed by atoms with Crippen LogP contribution in [0, 0.1) is 0 Å². The van der Waals surface area contributed by atoms with Crippen LogP contribution in [0.1, 0.15) is 34.9 Å². The maximum Gasteiger partial charge on any atom is 0.167 e. The third-order valence-corrected chi connectivity index (χ3v) is 5.28. The van der Waals surface area contributed by atoms with E-state index < -0.39 is 0 Å². The molecule has 20 heavy (non-hydrogen) atoms. The molecule has 0 radical (unpaired) electrons. The highest BCUT2D eigenvalue weighted by Gasteiger charge is 2.31. The van der Waals surface area contributed by atoms with E-state index >= 15 is 0 Å². The summed E-state index contributed by atoms with van der Waals surface area (Å²) >= 11 is 3.27. The van der Waals surface area contributed by atoms with E-state index in [9.17, 15) is 4.79 Å². The number of thiazole rings is 1. The summed E-state index contributed by atoms with van der Waals surface area (Å²) in [4.78, 5) is 16.2. The number of aldehydes is 1. The van der Waals surface area contributed by atoms with Crippen LogP contribution in [0.3, 0.4) is 0 Å². The molecule has 0 atom stereocenters. The Balaban J connectivity index is 2.23. The molecule has 1 saturated carbocycles. The highest BCUT2D eigenvalue weighted by Crippen LogP contribution is 2.42. The van der Waals surface area contributed by atoms with Crippen molar-refractivity contribution in [3.05, 3.63) is 11.3 Å². The fourth-order valence-corrected chi connectivity index (χ4v) is 3.77. The Morgan fingerprint density at radius 1 is 1.50 bits per heavy atom. The molecule has 0 saturated heterocycles. The van der Waals surface area contributed by atoms with Gasteiger partial charge in [-0.25, -0.2) is 4.98 Å². The van der Waals surface area contributed by atoms with Crippen molar-refractivity contribution in [1.82, 2.24) is 14.6 Å². The number of fused-ring (bicyclic) bond motifs is 1. The molecule has 106 valence electrons. The van der Waals surface area contributed by atoms with Crippen molar-refractivity contribution in [2.24, 2.45) is 5.10 Å². The molecule has 1 aliphatic rings. The number of thioether (sulfide) groups is 1. The molecule has 0 bridgehead atoms. The summed E-state index contributed by atoms with van der Waals surface area (Å²) in [6, 6.07) is 0.427. The molecular formula is C13H16N4OS2. The van der Waals surface area contributed by atoms with Crippen LogP contribution in [0.4, 0.5) is 0 Å². The first-order valence-electron chi connectivity index (χ1n) is 6.41. The van der Waals surface area contributed by atoms with Crippen molar-refractivity contribution >= 4 is 45.9 Å².